The predicted octanol–water partition coefficient (Wildman–Crippen LogP) is 1.37. The molecule has 0 rings (SSSR count). The van der Waals surface area contributed by atoms with Gasteiger partial charge < -0.3 is 15.5 Å². The number of hydrogen-bond donors (Lipinski definition) is 1. The summed E-state index contributed by atoms with van der Waals surface area (Å²) in [5, 5.41) is 0. The number of guanidine groups is 1. The molecule has 0 aromatic heterocycles. The second-order valence-electron chi connectivity index (χ2n) is 5.38. The molecule has 4 heteroatoms. The molecule has 0 unspecified atom stereocenters. The van der Waals surface area contributed by atoms with Gasteiger partial charge in [0.1, 0.15) is 0 Å². The van der Waals surface area contributed by atoms with E-state index >= 15 is 0 Å². The van der Waals surface area contributed by atoms with Crippen LogP contribution in [0.1, 0.15) is 34.1 Å². The highest BCUT2D eigenvalue weighted by atomic mass is 15.3. The molecule has 0 bridgehead atoms. The Morgan fingerprint density at radius 2 is 1.75 bits per heavy atom. The first-order chi connectivity index (χ1) is 7.26. The van der Waals surface area contributed by atoms with Gasteiger partial charge in [0, 0.05) is 13.1 Å². The quantitative estimate of drug-likeness (QED) is 0.571. The summed E-state index contributed by atoms with van der Waals surface area (Å²) in [6.07, 6.45) is 1.11. The third kappa shape index (κ3) is 7.51. The molecule has 0 heterocycles. The van der Waals surface area contributed by atoms with Gasteiger partial charge >= 0.3 is 0 Å². The normalized spacial score (nSPS) is 13.3. The second kappa shape index (κ2) is 6.74. The van der Waals surface area contributed by atoms with Gasteiger partial charge in [0.2, 0.25) is 0 Å². The highest BCUT2D eigenvalue weighted by molar-refractivity contribution is 5.78. The van der Waals surface area contributed by atoms with Crippen LogP contribution in [0.3, 0.4) is 0 Å². The molecule has 96 valence electrons. The molecule has 0 fully saturated rings. The zero-order valence-electron chi connectivity index (χ0n) is 11.7. The highest BCUT2D eigenvalue weighted by Crippen LogP contribution is 2.07. The summed E-state index contributed by atoms with van der Waals surface area (Å²) >= 11 is 0. The molecule has 0 atom stereocenters. The van der Waals surface area contributed by atoms with Crippen molar-refractivity contribution in [3.63, 3.8) is 0 Å². The molecular weight excluding hydrogens is 200 g/mol. The maximum Gasteiger partial charge on any atom is 0.191 e. The minimum absolute atomic E-state index is 0.0982. The number of aliphatic imine (C=N–C) groups is 1. The van der Waals surface area contributed by atoms with Crippen LogP contribution < -0.4 is 5.73 Å². The Morgan fingerprint density at radius 1 is 1.19 bits per heavy atom. The fourth-order valence-corrected chi connectivity index (χ4v) is 1.43. The summed E-state index contributed by atoms with van der Waals surface area (Å²) in [4.78, 5) is 8.80. The van der Waals surface area contributed by atoms with Crippen molar-refractivity contribution in [1.29, 1.82) is 0 Å². The molecule has 2 N–H and O–H groups in total. The Kier molecular flexibility index (Phi) is 6.41. The van der Waals surface area contributed by atoms with Gasteiger partial charge in [0.25, 0.3) is 0 Å². The van der Waals surface area contributed by atoms with Crippen molar-refractivity contribution in [2.75, 3.05) is 33.7 Å². The van der Waals surface area contributed by atoms with Gasteiger partial charge in [-0.1, -0.05) is 0 Å². The molecule has 0 saturated carbocycles. The average molecular weight is 228 g/mol. The Morgan fingerprint density at radius 3 is 2.12 bits per heavy atom. The number of rotatable bonds is 5. The monoisotopic (exact) mass is 228 g/mol. The minimum Gasteiger partial charge on any atom is -0.370 e. The average Bonchev–Trinajstić information content (AvgIpc) is 2.08. The van der Waals surface area contributed by atoms with E-state index in [1.807, 2.05) is 0 Å². The van der Waals surface area contributed by atoms with E-state index in [4.69, 9.17) is 5.73 Å². The first-order valence-corrected chi connectivity index (χ1v) is 6.01. The van der Waals surface area contributed by atoms with Crippen molar-refractivity contribution >= 4 is 5.96 Å². The molecule has 16 heavy (non-hydrogen) atoms. The number of nitrogens with zero attached hydrogens (tertiary/aromatic N) is 3. The van der Waals surface area contributed by atoms with Gasteiger partial charge in [-0.15, -0.1) is 0 Å². The minimum atomic E-state index is -0.0982. The first kappa shape index (κ1) is 15.2. The lowest BCUT2D eigenvalue weighted by atomic mass is 10.1. The Hall–Kier alpha value is -0.770. The molecular formula is C12H28N4. The third-order valence-corrected chi connectivity index (χ3v) is 2.19. The molecule has 0 aliphatic carbocycles. The molecule has 0 spiro atoms. The van der Waals surface area contributed by atoms with Crippen LogP contribution in [0.15, 0.2) is 4.99 Å². The third-order valence-electron chi connectivity index (χ3n) is 2.19. The van der Waals surface area contributed by atoms with E-state index in [1.165, 1.54) is 0 Å². The van der Waals surface area contributed by atoms with Crippen LogP contribution in [-0.4, -0.2) is 55.0 Å². The van der Waals surface area contributed by atoms with E-state index in [9.17, 15) is 0 Å². The van der Waals surface area contributed by atoms with Gasteiger partial charge in [-0.25, -0.2) is 4.99 Å². The summed E-state index contributed by atoms with van der Waals surface area (Å²) < 4.78 is 0. The fourth-order valence-electron chi connectivity index (χ4n) is 1.43. The molecule has 4 nitrogen and oxygen atoms in total. The molecule has 0 aliphatic heterocycles. The molecule has 0 radical (unpaired) electrons. The van der Waals surface area contributed by atoms with E-state index in [0.717, 1.165) is 26.1 Å². The predicted molar refractivity (Wildman–Crippen MR) is 71.8 cm³/mol. The number of nitrogens with two attached hydrogens (primary N) is 1. The van der Waals surface area contributed by atoms with Crippen LogP contribution in [0.2, 0.25) is 0 Å². The summed E-state index contributed by atoms with van der Waals surface area (Å²) in [6.45, 7) is 11.3. The van der Waals surface area contributed by atoms with Crippen molar-refractivity contribution in [1.82, 2.24) is 9.80 Å². The van der Waals surface area contributed by atoms with Crippen molar-refractivity contribution in [2.45, 2.75) is 39.7 Å². The molecule has 0 aliphatic rings. The van der Waals surface area contributed by atoms with Gasteiger partial charge in [-0.3, -0.25) is 0 Å². The SMILES string of the molecule is CCN(CCCN(C)C)C(N)=NC(C)(C)C. The Bertz CT molecular complexity index is 216. The Labute approximate surface area is 101 Å². The smallest absolute Gasteiger partial charge is 0.191 e. The Balaban J connectivity index is 4.22. The molecule has 0 aromatic carbocycles. The first-order valence-electron chi connectivity index (χ1n) is 6.01. The van der Waals surface area contributed by atoms with Crippen LogP contribution in [0.4, 0.5) is 0 Å². The van der Waals surface area contributed by atoms with Crippen molar-refractivity contribution in [2.24, 2.45) is 10.7 Å². The second-order valence-corrected chi connectivity index (χ2v) is 5.38. The zero-order chi connectivity index (χ0) is 12.8. The van der Waals surface area contributed by atoms with E-state index in [0.29, 0.717) is 5.96 Å². The summed E-state index contributed by atoms with van der Waals surface area (Å²) in [5.41, 5.74) is 5.90. The van der Waals surface area contributed by atoms with E-state index < -0.39 is 0 Å². The van der Waals surface area contributed by atoms with Gasteiger partial charge in [0.15, 0.2) is 5.96 Å². The molecule has 0 amide bonds. The van der Waals surface area contributed by atoms with Crippen molar-refractivity contribution in [3.05, 3.63) is 0 Å². The number of hydrogen-bond acceptors (Lipinski definition) is 2. The van der Waals surface area contributed by atoms with Crippen LogP contribution in [0.5, 0.6) is 0 Å². The lowest BCUT2D eigenvalue weighted by Gasteiger charge is -2.25. The van der Waals surface area contributed by atoms with Gasteiger partial charge in [0.05, 0.1) is 5.54 Å². The molecule has 0 aromatic rings. The van der Waals surface area contributed by atoms with E-state index in [2.05, 4.69) is 56.6 Å². The van der Waals surface area contributed by atoms with Crippen LogP contribution >= 0.6 is 0 Å². The summed E-state index contributed by atoms with van der Waals surface area (Å²) in [7, 11) is 4.17. The van der Waals surface area contributed by atoms with Crippen LogP contribution in [-0.2, 0) is 0 Å². The standard InChI is InChI=1S/C12H28N4/c1-7-16(10-8-9-15(5)6)11(13)14-12(2,3)4/h7-10H2,1-6H3,(H2,13,14). The van der Waals surface area contributed by atoms with Crippen molar-refractivity contribution in [3.8, 4) is 0 Å². The topological polar surface area (TPSA) is 44.9 Å². The van der Waals surface area contributed by atoms with Crippen LogP contribution in [0, 0.1) is 0 Å². The molecule has 0 saturated heterocycles. The lowest BCUT2D eigenvalue weighted by molar-refractivity contribution is 0.350. The van der Waals surface area contributed by atoms with E-state index in [1.54, 1.807) is 0 Å². The maximum absolute atomic E-state index is 5.99. The van der Waals surface area contributed by atoms with Gasteiger partial charge in [-0.05, 0) is 54.8 Å². The lowest BCUT2D eigenvalue weighted by Crippen LogP contribution is -2.40. The maximum atomic E-state index is 5.99. The summed E-state index contributed by atoms with van der Waals surface area (Å²) in [5.74, 6) is 0.661. The van der Waals surface area contributed by atoms with Gasteiger partial charge in [-0.2, -0.15) is 0 Å². The highest BCUT2D eigenvalue weighted by Gasteiger charge is 2.11. The van der Waals surface area contributed by atoms with Crippen LogP contribution in [0.25, 0.3) is 0 Å². The summed E-state index contributed by atoms with van der Waals surface area (Å²) in [6, 6.07) is 0. The zero-order valence-corrected chi connectivity index (χ0v) is 11.7. The van der Waals surface area contributed by atoms with Crippen molar-refractivity contribution < 1.29 is 0 Å². The van der Waals surface area contributed by atoms with E-state index in [-0.39, 0.29) is 5.54 Å². The largest absolute Gasteiger partial charge is 0.370 e. The fraction of sp³-hybridized carbons (Fsp3) is 0.917.